The van der Waals surface area contributed by atoms with E-state index in [2.05, 4.69) is 40.3 Å². The molecule has 0 saturated heterocycles. The molecule has 4 N–H and O–H groups in total. The highest BCUT2D eigenvalue weighted by molar-refractivity contribution is 5.87. The van der Waals surface area contributed by atoms with E-state index in [9.17, 15) is 28.8 Å². The second-order valence-corrected chi connectivity index (χ2v) is 20.5. The molecule has 0 aromatic heterocycles. The summed E-state index contributed by atoms with van der Waals surface area (Å²) < 4.78 is 16.6. The monoisotopic (exact) mass is 937 g/mol. The smallest absolute Gasteiger partial charge is 0.410 e. The minimum atomic E-state index is -0.740. The number of amides is 6. The number of nitrogens with one attached hydrogen (secondary N) is 4. The van der Waals surface area contributed by atoms with Crippen LogP contribution in [0.3, 0.4) is 0 Å². The first-order valence-electron chi connectivity index (χ1n) is 25.4. The van der Waals surface area contributed by atoms with Crippen molar-refractivity contribution in [3.8, 4) is 0 Å². The van der Waals surface area contributed by atoms with E-state index in [4.69, 9.17) is 14.2 Å². The van der Waals surface area contributed by atoms with Crippen LogP contribution in [0.25, 0.3) is 0 Å². The summed E-state index contributed by atoms with van der Waals surface area (Å²) in [4.78, 5) is 79.6. The van der Waals surface area contributed by atoms with Crippen LogP contribution in [0, 0.1) is 0 Å². The quantitative estimate of drug-likeness (QED) is 0.0273. The Hall–Kier alpha value is -4.04. The number of ether oxygens (including phenoxy) is 3. The van der Waals surface area contributed by atoms with Gasteiger partial charge < -0.3 is 45.3 Å². The average molecular weight is 937 g/mol. The van der Waals surface area contributed by atoms with E-state index in [-0.39, 0.29) is 24.3 Å². The Balaban J connectivity index is 5.25. The predicted molar refractivity (Wildman–Crippen MR) is 265 cm³/mol. The average Bonchev–Trinajstić information content (AvgIpc) is 3.19. The molecule has 0 rings (SSSR count). The van der Waals surface area contributed by atoms with Crippen molar-refractivity contribution in [1.82, 2.24) is 31.1 Å². The molecule has 15 nitrogen and oxygen atoms in total. The lowest BCUT2D eigenvalue weighted by Crippen LogP contribution is -2.47. The zero-order valence-electron chi connectivity index (χ0n) is 43.6. The van der Waals surface area contributed by atoms with E-state index in [1.165, 1.54) is 51.9 Å². The van der Waals surface area contributed by atoms with E-state index in [0.717, 1.165) is 38.5 Å². The Bertz CT molecular complexity index is 1390. The highest BCUT2D eigenvalue weighted by Crippen LogP contribution is 2.15. The van der Waals surface area contributed by atoms with Gasteiger partial charge in [-0.15, -0.1) is 0 Å². The van der Waals surface area contributed by atoms with Gasteiger partial charge in [0.2, 0.25) is 17.7 Å². The van der Waals surface area contributed by atoms with Gasteiger partial charge in [0.1, 0.15) is 22.8 Å². The van der Waals surface area contributed by atoms with Crippen LogP contribution in [0.4, 0.5) is 14.4 Å². The lowest BCUT2D eigenvalue weighted by atomic mass is 10.1. The molecule has 6 amide bonds. The van der Waals surface area contributed by atoms with Gasteiger partial charge in [0.25, 0.3) is 0 Å². The van der Waals surface area contributed by atoms with Crippen molar-refractivity contribution >= 4 is 36.0 Å². The Kier molecular flexibility index (Phi) is 33.9. The summed E-state index contributed by atoms with van der Waals surface area (Å²) in [5.41, 5.74) is -1.97. The molecule has 0 bridgehead atoms. The molecule has 0 radical (unpaired) electrons. The zero-order valence-corrected chi connectivity index (χ0v) is 43.6. The fraction of sp³-hybridized carbons (Fsp3) is 0.843. The second-order valence-electron chi connectivity index (χ2n) is 20.5. The summed E-state index contributed by atoms with van der Waals surface area (Å²) in [7, 11) is 0. The van der Waals surface area contributed by atoms with Gasteiger partial charge in [-0.2, -0.15) is 0 Å². The third-order valence-corrected chi connectivity index (χ3v) is 10.2. The summed E-state index contributed by atoms with van der Waals surface area (Å²) in [5.74, 6) is -0.584. The Morgan fingerprint density at radius 2 is 0.939 bits per heavy atom. The minimum Gasteiger partial charge on any atom is -0.444 e. The topological polar surface area (TPSA) is 185 Å². The maximum atomic E-state index is 13.5. The Morgan fingerprint density at radius 3 is 1.42 bits per heavy atom. The van der Waals surface area contributed by atoms with Crippen LogP contribution in [0.2, 0.25) is 0 Å². The second kappa shape index (κ2) is 36.1. The third-order valence-electron chi connectivity index (χ3n) is 10.2. The van der Waals surface area contributed by atoms with Crippen LogP contribution in [0.5, 0.6) is 0 Å². The number of unbranched alkanes of at least 4 members (excludes halogenated alkanes) is 13. The van der Waals surface area contributed by atoms with Gasteiger partial charge in [-0.05, 0) is 139 Å². The molecule has 0 fully saturated rings. The van der Waals surface area contributed by atoms with Crippen molar-refractivity contribution in [1.29, 1.82) is 0 Å². The maximum Gasteiger partial charge on any atom is 0.410 e. The first-order valence-corrected chi connectivity index (χ1v) is 25.4. The molecular weight excluding hydrogens is 841 g/mol. The molecule has 0 aromatic carbocycles. The lowest BCUT2D eigenvalue weighted by Gasteiger charge is -2.29. The van der Waals surface area contributed by atoms with Crippen molar-refractivity contribution in [3.05, 3.63) is 12.2 Å². The van der Waals surface area contributed by atoms with E-state index in [1.54, 1.807) is 30.6 Å². The van der Waals surface area contributed by atoms with Crippen LogP contribution < -0.4 is 21.3 Å². The number of alkyl carbamates (subject to hydrolysis) is 1. The molecule has 0 aliphatic heterocycles. The molecule has 15 heteroatoms. The van der Waals surface area contributed by atoms with Gasteiger partial charge in [-0.1, -0.05) is 70.4 Å². The summed E-state index contributed by atoms with van der Waals surface area (Å²) in [6.07, 6.45) is 22.6. The van der Waals surface area contributed by atoms with Crippen molar-refractivity contribution in [2.75, 3.05) is 45.8 Å². The maximum absolute atomic E-state index is 13.5. The van der Waals surface area contributed by atoms with Gasteiger partial charge in [-0.3, -0.25) is 14.4 Å². The Morgan fingerprint density at radius 1 is 0.500 bits per heavy atom. The fourth-order valence-corrected chi connectivity index (χ4v) is 6.86. The number of hydrogen-bond acceptors (Lipinski definition) is 9. The number of carbonyl (C=O) groups excluding carboxylic acids is 6. The van der Waals surface area contributed by atoms with Crippen LogP contribution in [0.15, 0.2) is 12.2 Å². The number of hydrogen-bond donors (Lipinski definition) is 4. The first-order chi connectivity index (χ1) is 31.0. The van der Waals surface area contributed by atoms with Gasteiger partial charge in [0, 0.05) is 59.2 Å². The largest absolute Gasteiger partial charge is 0.444 e. The molecule has 0 heterocycles. The van der Waals surface area contributed by atoms with Crippen LogP contribution >= 0.6 is 0 Å². The SMILES string of the molecule is CCCCCCCC/C=C\CCCCCCCC(=O)NC(CCCCNC(=O)OC(C)(C)C)C(=O)NCCCN(CCCCN(CCCNC(C)=O)C(=O)OC(C)(C)C)C(=O)OC(C)(C)C. The molecule has 0 saturated carbocycles. The van der Waals surface area contributed by atoms with Crippen LogP contribution in [0.1, 0.15) is 211 Å². The zero-order chi connectivity index (χ0) is 49.9. The molecule has 0 spiro atoms. The number of rotatable bonds is 35. The predicted octanol–water partition coefficient (Wildman–Crippen LogP) is 10.5. The standard InChI is InChI=1S/C51H96N6O9/c1-12-13-14-15-16-17-18-19-20-21-22-23-24-25-26-34-44(59)55-43(33-27-28-35-54-46(61)64-49(3,4)5)45(60)53-37-32-41-57(48(63)66-51(9,10)11)39-30-29-38-56(40-31-36-52-42(2)58)47(62)65-50(6,7)8/h19-20,43H,12-18,21-41H2,1-11H3,(H,52,58)(H,53,60)(H,54,61)(H,55,59)/b20-19-. The summed E-state index contributed by atoms with van der Waals surface area (Å²) in [6.45, 7) is 22.6. The van der Waals surface area contributed by atoms with Crippen molar-refractivity contribution in [2.45, 2.75) is 234 Å². The third kappa shape index (κ3) is 39.2. The van der Waals surface area contributed by atoms with Crippen LogP contribution in [-0.2, 0) is 28.6 Å². The van der Waals surface area contributed by atoms with E-state index in [1.807, 2.05) is 41.5 Å². The van der Waals surface area contributed by atoms with Crippen LogP contribution in [-0.4, -0.2) is 114 Å². The normalized spacial score (nSPS) is 12.3. The molecule has 1 atom stereocenters. The summed E-state index contributed by atoms with van der Waals surface area (Å²) in [6, 6.07) is -0.740. The van der Waals surface area contributed by atoms with E-state index < -0.39 is 41.1 Å². The highest BCUT2D eigenvalue weighted by atomic mass is 16.6. The lowest BCUT2D eigenvalue weighted by molar-refractivity contribution is -0.129. The van der Waals surface area contributed by atoms with E-state index >= 15 is 0 Å². The number of carbonyl (C=O) groups is 6. The molecule has 384 valence electrons. The van der Waals surface area contributed by atoms with E-state index in [0.29, 0.717) is 90.6 Å². The molecule has 66 heavy (non-hydrogen) atoms. The van der Waals surface area contributed by atoms with Gasteiger partial charge in [0.15, 0.2) is 0 Å². The van der Waals surface area contributed by atoms with Crippen molar-refractivity contribution in [3.63, 3.8) is 0 Å². The molecule has 0 aliphatic carbocycles. The summed E-state index contributed by atoms with van der Waals surface area (Å²) >= 11 is 0. The van der Waals surface area contributed by atoms with Gasteiger partial charge in [-0.25, -0.2) is 14.4 Å². The fourth-order valence-electron chi connectivity index (χ4n) is 6.86. The summed E-state index contributed by atoms with van der Waals surface area (Å²) in [5, 5.41) is 11.4. The van der Waals surface area contributed by atoms with Gasteiger partial charge >= 0.3 is 18.3 Å². The molecule has 0 aromatic rings. The van der Waals surface area contributed by atoms with Crippen molar-refractivity contribution in [2.24, 2.45) is 0 Å². The molecule has 1 unspecified atom stereocenters. The first kappa shape index (κ1) is 62.0. The Labute approximate surface area is 400 Å². The number of nitrogens with zero attached hydrogens (tertiary/aromatic N) is 2. The molecular formula is C51H96N6O9. The number of allylic oxidation sites excluding steroid dienone is 2. The van der Waals surface area contributed by atoms with Gasteiger partial charge in [0.05, 0.1) is 0 Å². The molecule has 0 aliphatic rings. The highest BCUT2D eigenvalue weighted by Gasteiger charge is 2.25. The van der Waals surface area contributed by atoms with Crippen molar-refractivity contribution < 1.29 is 43.0 Å². The minimum absolute atomic E-state index is 0.131.